The number of carbonyl (C=O) groups excluding carboxylic acids is 1. The van der Waals surface area contributed by atoms with Crippen LogP contribution in [0, 0.1) is 25.6 Å². The van der Waals surface area contributed by atoms with Gasteiger partial charge < -0.3 is 19.7 Å². The lowest BCUT2D eigenvalue weighted by molar-refractivity contribution is -0.139. The molecule has 0 spiro atoms. The van der Waals surface area contributed by atoms with Gasteiger partial charge >= 0.3 is 12.1 Å². The fourth-order valence-electron chi connectivity index (χ4n) is 8.29. The Morgan fingerprint density at radius 1 is 1.08 bits per heavy atom. The number of morpholine rings is 1. The number of carbonyl (C=O) groups is 2. The van der Waals surface area contributed by atoms with E-state index in [9.17, 15) is 37.1 Å². The number of amides is 1. The van der Waals surface area contributed by atoms with Crippen LogP contribution in [0.15, 0.2) is 41.3 Å². The maximum Gasteiger partial charge on any atom is 0.416 e. The van der Waals surface area contributed by atoms with Crippen LogP contribution in [0.4, 0.5) is 17.6 Å². The average molecular weight is 712 g/mol. The number of rotatable bonds is 12. The minimum absolute atomic E-state index is 0.0239. The number of carboxylic acid groups (broad SMARTS) is 1. The van der Waals surface area contributed by atoms with Crippen LogP contribution in [0.3, 0.4) is 0 Å². The highest BCUT2D eigenvalue weighted by molar-refractivity contribution is 5.82. The van der Waals surface area contributed by atoms with Gasteiger partial charge in [-0.25, -0.2) is 4.39 Å². The summed E-state index contributed by atoms with van der Waals surface area (Å²) in [6.07, 6.45) is -0.531. The zero-order chi connectivity index (χ0) is 36.8. The van der Waals surface area contributed by atoms with Gasteiger partial charge in [-0.3, -0.25) is 19.3 Å². The van der Waals surface area contributed by atoms with Gasteiger partial charge in [0.05, 0.1) is 30.7 Å². The van der Waals surface area contributed by atoms with E-state index in [1.165, 1.54) is 18.3 Å². The number of carboxylic acids is 1. The van der Waals surface area contributed by atoms with Crippen molar-refractivity contribution in [3.05, 3.63) is 91.6 Å². The Morgan fingerprint density at radius 3 is 2.41 bits per heavy atom. The smallest absolute Gasteiger partial charge is 0.416 e. The molecule has 2 aromatic carbocycles. The Labute approximate surface area is 294 Å². The molecule has 0 saturated carbocycles. The molecule has 274 valence electrons. The summed E-state index contributed by atoms with van der Waals surface area (Å²) in [6.45, 7) is 8.86. The normalized spacial score (nSPS) is 19.8. The zero-order valence-corrected chi connectivity index (χ0v) is 29.4. The average Bonchev–Trinajstić information content (AvgIpc) is 3.79. The largest absolute Gasteiger partial charge is 0.481 e. The van der Waals surface area contributed by atoms with E-state index >= 15 is 0 Å². The first-order chi connectivity index (χ1) is 24.1. The molecule has 3 heterocycles. The van der Waals surface area contributed by atoms with Gasteiger partial charge in [0.2, 0.25) is 5.91 Å². The summed E-state index contributed by atoms with van der Waals surface area (Å²) in [5.41, 5.74) is 3.80. The molecule has 0 unspecified atom stereocenters. The summed E-state index contributed by atoms with van der Waals surface area (Å²) in [6, 6.07) is 5.21. The molecule has 4 atom stereocenters. The molecule has 1 amide bonds. The van der Waals surface area contributed by atoms with Crippen LogP contribution < -0.4 is 10.9 Å². The number of likely N-dealkylation sites (tertiary alicyclic amines) is 1. The number of aliphatic carboxylic acids is 1. The first kappa shape index (κ1) is 36.8. The van der Waals surface area contributed by atoms with Crippen molar-refractivity contribution in [3.8, 4) is 11.1 Å². The summed E-state index contributed by atoms with van der Waals surface area (Å²) in [5, 5.41) is 12.8. The highest BCUT2D eigenvalue weighted by atomic mass is 19.4. The first-order valence-electron chi connectivity index (χ1n) is 17.7. The zero-order valence-electron chi connectivity index (χ0n) is 29.4. The number of alkyl halides is 3. The first-order valence-corrected chi connectivity index (χ1v) is 17.7. The molecule has 2 fully saturated rings. The fraction of sp³-hybridized carbons (Fsp3) is 0.513. The van der Waals surface area contributed by atoms with Crippen LogP contribution in [-0.4, -0.2) is 58.3 Å². The van der Waals surface area contributed by atoms with E-state index in [1.807, 2.05) is 39.8 Å². The molecule has 2 bridgehead atoms. The van der Waals surface area contributed by atoms with Crippen molar-refractivity contribution < 1.29 is 37.0 Å². The van der Waals surface area contributed by atoms with Crippen molar-refractivity contribution in [2.45, 2.75) is 103 Å². The van der Waals surface area contributed by atoms with Gasteiger partial charge in [0, 0.05) is 31.4 Å². The number of aromatic nitrogens is 1. The maximum absolute atomic E-state index is 14.3. The molecule has 3 aliphatic rings. The van der Waals surface area contributed by atoms with Gasteiger partial charge in [-0.1, -0.05) is 19.9 Å². The van der Waals surface area contributed by atoms with Crippen LogP contribution in [-0.2, 0) is 39.8 Å². The fourth-order valence-corrected chi connectivity index (χ4v) is 8.29. The van der Waals surface area contributed by atoms with Crippen LogP contribution in [0.2, 0.25) is 0 Å². The molecule has 6 rings (SSSR count). The summed E-state index contributed by atoms with van der Waals surface area (Å²) >= 11 is 0. The predicted molar refractivity (Wildman–Crippen MR) is 184 cm³/mol. The van der Waals surface area contributed by atoms with E-state index in [0.717, 1.165) is 63.6 Å². The second-order valence-electron chi connectivity index (χ2n) is 14.8. The lowest BCUT2D eigenvalue weighted by Gasteiger charge is -2.28. The highest BCUT2D eigenvalue weighted by Gasteiger charge is 2.40. The molecule has 12 heteroatoms. The van der Waals surface area contributed by atoms with Crippen molar-refractivity contribution in [1.29, 1.82) is 0 Å². The van der Waals surface area contributed by atoms with Gasteiger partial charge in [-0.2, -0.15) is 13.2 Å². The molecule has 0 radical (unpaired) electrons. The lowest BCUT2D eigenvalue weighted by Crippen LogP contribution is -2.41. The van der Waals surface area contributed by atoms with Crippen LogP contribution >= 0.6 is 0 Å². The summed E-state index contributed by atoms with van der Waals surface area (Å²) in [7, 11) is 0. The summed E-state index contributed by atoms with van der Waals surface area (Å²) in [5.74, 6) is -2.31. The topological polar surface area (TPSA) is 101 Å². The van der Waals surface area contributed by atoms with E-state index in [2.05, 4.69) is 10.2 Å². The quantitative estimate of drug-likeness (QED) is 0.203. The third kappa shape index (κ3) is 7.91. The number of aryl methyl sites for hydroxylation is 3. The van der Waals surface area contributed by atoms with E-state index < -0.39 is 47.7 Å². The van der Waals surface area contributed by atoms with E-state index in [0.29, 0.717) is 31.3 Å². The number of ether oxygens (including phenoxy) is 1. The number of nitrogens with zero attached hydrogens (tertiary/aromatic N) is 2. The Morgan fingerprint density at radius 2 is 1.80 bits per heavy atom. The van der Waals surface area contributed by atoms with Gasteiger partial charge in [-0.15, -0.1) is 0 Å². The van der Waals surface area contributed by atoms with Crippen molar-refractivity contribution in [2.75, 3.05) is 19.7 Å². The third-order valence-electron chi connectivity index (χ3n) is 10.6. The van der Waals surface area contributed by atoms with Gasteiger partial charge in [0.1, 0.15) is 11.9 Å². The number of fused-ring (bicyclic) bond motifs is 3. The Bertz CT molecular complexity index is 1860. The third-order valence-corrected chi connectivity index (χ3v) is 10.6. The second kappa shape index (κ2) is 14.5. The number of hydrogen-bond donors (Lipinski definition) is 2. The molecule has 51 heavy (non-hydrogen) atoms. The number of hydrogen-bond acceptors (Lipinski definition) is 5. The SMILES string of the molecule is Cc1cc(F)cc(C)c1-c1cc([C@H](CC(=O)O)NC(=O)[C@@H](CC(C)C)n2cc(CCN3C[C@H]4C[C@@H]3CO4)c(C(F)(F)F)cc2=O)cc2c1CCC2. The molecular formula is C39H45F4N3O5. The Kier molecular flexibility index (Phi) is 10.5. The summed E-state index contributed by atoms with van der Waals surface area (Å²) < 4.78 is 63.7. The molecule has 2 N–H and O–H groups in total. The minimum atomic E-state index is -4.77. The summed E-state index contributed by atoms with van der Waals surface area (Å²) in [4.78, 5) is 42.0. The number of benzene rings is 2. The number of nitrogens with one attached hydrogen (secondary N) is 1. The van der Waals surface area contributed by atoms with Crippen molar-refractivity contribution >= 4 is 11.9 Å². The van der Waals surface area contributed by atoms with E-state index in [-0.39, 0.29) is 42.3 Å². The number of pyridine rings is 1. The lowest BCUT2D eigenvalue weighted by atomic mass is 9.87. The molecule has 3 aromatic rings. The maximum atomic E-state index is 14.3. The molecule has 2 aliphatic heterocycles. The monoisotopic (exact) mass is 711 g/mol. The Balaban J connectivity index is 1.36. The van der Waals surface area contributed by atoms with Crippen molar-refractivity contribution in [2.24, 2.45) is 5.92 Å². The molecule has 1 aromatic heterocycles. The van der Waals surface area contributed by atoms with E-state index in [4.69, 9.17) is 4.74 Å². The predicted octanol–water partition coefficient (Wildman–Crippen LogP) is 6.71. The van der Waals surface area contributed by atoms with Gasteiger partial charge in [0.25, 0.3) is 5.56 Å². The van der Waals surface area contributed by atoms with Crippen LogP contribution in [0.25, 0.3) is 11.1 Å². The van der Waals surface area contributed by atoms with Gasteiger partial charge in [0.15, 0.2) is 0 Å². The highest BCUT2D eigenvalue weighted by Crippen LogP contribution is 2.39. The Hall–Kier alpha value is -4.03. The minimum Gasteiger partial charge on any atom is -0.481 e. The second-order valence-corrected chi connectivity index (χ2v) is 14.8. The molecule has 1 aliphatic carbocycles. The standard InChI is InChI=1S/C39H45F4N3O5/c1-21(2)10-34(46-18-25(32(16-35(46)47)39(41,42)43)8-9-45-19-29-15-28(45)20-51-29)38(50)44-33(17-36(48)49)26-13-24-6-5-7-30(24)31(14-26)37-22(3)11-27(40)12-23(37)4/h11-14,16,18,21,28-29,33-34H,5-10,15,17,19-20H2,1-4H3,(H,44,50)(H,48,49)/t28-,29-,33+,34-/m1/s1. The van der Waals surface area contributed by atoms with Gasteiger partial charge in [-0.05, 0) is 121 Å². The van der Waals surface area contributed by atoms with Crippen molar-refractivity contribution in [3.63, 3.8) is 0 Å². The molecular weight excluding hydrogens is 666 g/mol. The van der Waals surface area contributed by atoms with E-state index in [1.54, 1.807) is 0 Å². The number of halogens is 4. The molecule has 2 saturated heterocycles. The van der Waals surface area contributed by atoms with Crippen LogP contribution in [0.1, 0.15) is 90.6 Å². The van der Waals surface area contributed by atoms with Crippen LogP contribution in [0.5, 0.6) is 0 Å². The van der Waals surface area contributed by atoms with Crippen molar-refractivity contribution in [1.82, 2.24) is 14.8 Å². The molecule has 8 nitrogen and oxygen atoms in total.